The fourth-order valence-corrected chi connectivity index (χ4v) is 2.23. The number of amides is 1. The molecule has 0 aliphatic rings. The van der Waals surface area contributed by atoms with Crippen LogP contribution >= 0.6 is 11.8 Å². The van der Waals surface area contributed by atoms with Crippen LogP contribution in [-0.2, 0) is 4.79 Å². The first kappa shape index (κ1) is 16.0. The van der Waals surface area contributed by atoms with Crippen LogP contribution in [0.1, 0.15) is 20.8 Å². The van der Waals surface area contributed by atoms with Crippen LogP contribution in [0, 0.1) is 11.7 Å². The number of hydrogen-bond donors (Lipinski definition) is 2. The van der Waals surface area contributed by atoms with E-state index in [-0.39, 0.29) is 24.2 Å². The highest BCUT2D eigenvalue weighted by molar-refractivity contribution is 7.99. The van der Waals surface area contributed by atoms with Crippen LogP contribution in [0.25, 0.3) is 0 Å². The lowest BCUT2D eigenvalue weighted by molar-refractivity contribution is -0.124. The van der Waals surface area contributed by atoms with Gasteiger partial charge < -0.3 is 10.4 Å². The second kappa shape index (κ2) is 6.91. The van der Waals surface area contributed by atoms with Crippen molar-refractivity contribution in [2.24, 2.45) is 5.92 Å². The minimum Gasteiger partial charge on any atom is -0.389 e. The van der Waals surface area contributed by atoms with Crippen molar-refractivity contribution in [3.05, 3.63) is 30.1 Å². The molecule has 1 aromatic carbocycles. The molecule has 1 aromatic rings. The molecule has 1 atom stereocenters. The zero-order valence-electron chi connectivity index (χ0n) is 11.4. The van der Waals surface area contributed by atoms with E-state index in [0.29, 0.717) is 5.75 Å². The fourth-order valence-electron chi connectivity index (χ4n) is 1.31. The second-order valence-electron chi connectivity index (χ2n) is 5.20. The Kier molecular flexibility index (Phi) is 5.82. The molecule has 19 heavy (non-hydrogen) atoms. The normalized spacial score (nSPS) is 13.1. The Labute approximate surface area is 117 Å². The zero-order chi connectivity index (χ0) is 14.5. The molecule has 0 spiro atoms. The third-order valence-electron chi connectivity index (χ3n) is 2.46. The van der Waals surface area contributed by atoms with Crippen molar-refractivity contribution in [1.82, 2.24) is 5.32 Å². The first-order chi connectivity index (χ1) is 8.78. The molecule has 0 saturated heterocycles. The zero-order valence-corrected chi connectivity index (χ0v) is 12.3. The van der Waals surface area contributed by atoms with Gasteiger partial charge >= 0.3 is 0 Å². The average Bonchev–Trinajstić information content (AvgIpc) is 2.34. The molecule has 3 nitrogen and oxygen atoms in total. The van der Waals surface area contributed by atoms with Gasteiger partial charge in [0.25, 0.3) is 0 Å². The predicted molar refractivity (Wildman–Crippen MR) is 75.6 cm³/mol. The Hall–Kier alpha value is -1.07. The molecule has 0 aromatic heterocycles. The van der Waals surface area contributed by atoms with Gasteiger partial charge in [-0.1, -0.05) is 6.92 Å². The maximum atomic E-state index is 12.7. The van der Waals surface area contributed by atoms with E-state index in [1.807, 2.05) is 6.92 Å². The summed E-state index contributed by atoms with van der Waals surface area (Å²) in [5.74, 6) is 0.0954. The number of thioether (sulfide) groups is 1. The van der Waals surface area contributed by atoms with Gasteiger partial charge in [-0.15, -0.1) is 11.8 Å². The van der Waals surface area contributed by atoms with Crippen molar-refractivity contribution < 1.29 is 14.3 Å². The van der Waals surface area contributed by atoms with Gasteiger partial charge in [0, 0.05) is 23.1 Å². The highest BCUT2D eigenvalue weighted by atomic mass is 32.2. The minimum absolute atomic E-state index is 0.0864. The van der Waals surface area contributed by atoms with Crippen molar-refractivity contribution in [3.8, 4) is 0 Å². The molecule has 0 aliphatic carbocycles. The third kappa shape index (κ3) is 6.59. The van der Waals surface area contributed by atoms with Crippen LogP contribution in [0.5, 0.6) is 0 Å². The lowest BCUT2D eigenvalue weighted by Gasteiger charge is -2.19. The first-order valence-electron chi connectivity index (χ1n) is 6.16. The van der Waals surface area contributed by atoms with E-state index in [4.69, 9.17) is 0 Å². The highest BCUT2D eigenvalue weighted by Crippen LogP contribution is 2.21. The predicted octanol–water partition coefficient (Wildman–Crippen LogP) is 2.44. The third-order valence-corrected chi connectivity index (χ3v) is 3.73. The van der Waals surface area contributed by atoms with Crippen LogP contribution in [0.2, 0.25) is 0 Å². The van der Waals surface area contributed by atoms with Gasteiger partial charge in [0.15, 0.2) is 0 Å². The molecule has 2 N–H and O–H groups in total. The summed E-state index contributed by atoms with van der Waals surface area (Å²) in [5, 5.41) is 12.2. The summed E-state index contributed by atoms with van der Waals surface area (Å²) >= 11 is 1.51. The quantitative estimate of drug-likeness (QED) is 0.789. The number of rotatable bonds is 6. The molecule has 1 amide bonds. The molecule has 0 heterocycles. The van der Waals surface area contributed by atoms with Gasteiger partial charge in [-0.05, 0) is 38.1 Å². The summed E-state index contributed by atoms with van der Waals surface area (Å²) in [7, 11) is 0. The number of carbonyl (C=O) groups excluding carboxylic acids is 1. The van der Waals surface area contributed by atoms with E-state index >= 15 is 0 Å². The summed E-state index contributed by atoms with van der Waals surface area (Å²) in [6, 6.07) is 6.20. The maximum absolute atomic E-state index is 12.7. The van der Waals surface area contributed by atoms with Gasteiger partial charge in [-0.3, -0.25) is 4.79 Å². The molecule has 0 unspecified atom stereocenters. The molecular weight excluding hydrogens is 265 g/mol. The highest BCUT2D eigenvalue weighted by Gasteiger charge is 2.17. The van der Waals surface area contributed by atoms with Crippen LogP contribution < -0.4 is 5.32 Å². The van der Waals surface area contributed by atoms with E-state index in [0.717, 1.165) is 4.90 Å². The molecule has 0 aliphatic heterocycles. The molecule has 0 bridgehead atoms. The van der Waals surface area contributed by atoms with Gasteiger partial charge in [0.05, 0.1) is 5.60 Å². The Balaban J connectivity index is 2.36. The molecule has 0 fully saturated rings. The Bertz CT molecular complexity index is 414. The van der Waals surface area contributed by atoms with Gasteiger partial charge in [-0.2, -0.15) is 0 Å². The average molecular weight is 285 g/mol. The summed E-state index contributed by atoms with van der Waals surface area (Å²) in [5.41, 5.74) is -0.903. The van der Waals surface area contributed by atoms with Gasteiger partial charge in [0.2, 0.25) is 5.91 Å². The van der Waals surface area contributed by atoms with Crippen molar-refractivity contribution >= 4 is 17.7 Å². The van der Waals surface area contributed by atoms with Crippen LogP contribution in [-0.4, -0.2) is 28.9 Å². The molecule has 0 saturated carbocycles. The summed E-state index contributed by atoms with van der Waals surface area (Å²) in [6.07, 6.45) is 0. The number of benzene rings is 1. The van der Waals surface area contributed by atoms with Crippen LogP contribution in [0.3, 0.4) is 0 Å². The van der Waals surface area contributed by atoms with Crippen molar-refractivity contribution in [3.63, 3.8) is 0 Å². The second-order valence-corrected chi connectivity index (χ2v) is 6.29. The summed E-state index contributed by atoms with van der Waals surface area (Å²) in [4.78, 5) is 12.7. The van der Waals surface area contributed by atoms with E-state index in [1.165, 1.54) is 23.9 Å². The lowest BCUT2D eigenvalue weighted by Crippen LogP contribution is -2.40. The van der Waals surface area contributed by atoms with Gasteiger partial charge in [0.1, 0.15) is 5.82 Å². The number of hydrogen-bond acceptors (Lipinski definition) is 3. The maximum Gasteiger partial charge on any atom is 0.223 e. The standard InChI is InChI=1S/C14H20FNO2S/c1-10(13(17)16-9-14(2,3)18)8-19-12-6-4-11(15)5-7-12/h4-7,10,18H,8-9H2,1-3H3,(H,16,17)/t10-/m1/s1. The topological polar surface area (TPSA) is 49.3 Å². The smallest absolute Gasteiger partial charge is 0.223 e. The van der Waals surface area contributed by atoms with E-state index in [2.05, 4.69) is 5.32 Å². The van der Waals surface area contributed by atoms with Crippen molar-refractivity contribution in [2.75, 3.05) is 12.3 Å². The van der Waals surface area contributed by atoms with E-state index < -0.39 is 5.60 Å². The van der Waals surface area contributed by atoms with Crippen LogP contribution in [0.15, 0.2) is 29.2 Å². The fraction of sp³-hybridized carbons (Fsp3) is 0.500. The largest absolute Gasteiger partial charge is 0.389 e. The lowest BCUT2D eigenvalue weighted by atomic mass is 10.1. The molecule has 1 rings (SSSR count). The Morgan fingerprint density at radius 2 is 2.00 bits per heavy atom. The van der Waals surface area contributed by atoms with E-state index in [1.54, 1.807) is 26.0 Å². The number of nitrogens with one attached hydrogen (secondary N) is 1. The first-order valence-corrected chi connectivity index (χ1v) is 7.15. The Morgan fingerprint density at radius 1 is 1.42 bits per heavy atom. The summed E-state index contributed by atoms with van der Waals surface area (Å²) < 4.78 is 12.7. The number of halogens is 1. The van der Waals surface area contributed by atoms with Crippen LogP contribution in [0.4, 0.5) is 4.39 Å². The minimum atomic E-state index is -0.903. The van der Waals surface area contributed by atoms with E-state index in [9.17, 15) is 14.3 Å². The summed E-state index contributed by atoms with van der Waals surface area (Å²) in [6.45, 7) is 5.35. The molecule has 0 radical (unpaired) electrons. The van der Waals surface area contributed by atoms with Crippen molar-refractivity contribution in [1.29, 1.82) is 0 Å². The number of carbonyl (C=O) groups is 1. The van der Waals surface area contributed by atoms with Crippen molar-refractivity contribution in [2.45, 2.75) is 31.3 Å². The SMILES string of the molecule is C[C@H](CSc1ccc(F)cc1)C(=O)NCC(C)(C)O. The van der Waals surface area contributed by atoms with Gasteiger partial charge in [-0.25, -0.2) is 4.39 Å². The molecular formula is C14H20FNO2S. The molecule has 5 heteroatoms. The molecule has 106 valence electrons. The Morgan fingerprint density at radius 3 is 2.53 bits per heavy atom. The monoisotopic (exact) mass is 285 g/mol. The number of aliphatic hydroxyl groups is 1.